The van der Waals surface area contributed by atoms with Gasteiger partial charge in [0.15, 0.2) is 0 Å². The van der Waals surface area contributed by atoms with Crippen LogP contribution in [0, 0.1) is 26.1 Å². The Morgan fingerprint density at radius 2 is 1.82 bits per heavy atom. The van der Waals surface area contributed by atoms with Crippen molar-refractivity contribution in [1.82, 2.24) is 0 Å². The second kappa shape index (κ2) is 5.20. The lowest BCUT2D eigenvalue weighted by Crippen LogP contribution is -2.05. The van der Waals surface area contributed by atoms with Crippen LogP contribution in [0.15, 0.2) is 30.0 Å². The standard InChI is InChI=1S/C11H12N2O4/c1-8(2)11(13(16)17)7-9-5-3-4-6-10(9)12(14)15/h3-8H,1-2H3/b11-7-. The first-order valence-electron chi connectivity index (χ1n) is 5.03. The molecule has 0 atom stereocenters. The van der Waals surface area contributed by atoms with Crippen LogP contribution in [0.2, 0.25) is 0 Å². The molecule has 1 rings (SSSR count). The van der Waals surface area contributed by atoms with Crippen molar-refractivity contribution in [2.75, 3.05) is 0 Å². The summed E-state index contributed by atoms with van der Waals surface area (Å²) in [6.07, 6.45) is 1.25. The van der Waals surface area contributed by atoms with Gasteiger partial charge in [0.25, 0.3) is 5.69 Å². The lowest BCUT2D eigenvalue weighted by molar-refractivity contribution is -0.431. The Kier molecular flexibility index (Phi) is 3.92. The maximum absolute atomic E-state index is 10.8. The summed E-state index contributed by atoms with van der Waals surface area (Å²) in [6.45, 7) is 3.34. The fourth-order valence-corrected chi connectivity index (χ4v) is 1.37. The molecule has 0 heterocycles. The van der Waals surface area contributed by atoms with Crippen LogP contribution in [-0.2, 0) is 0 Å². The smallest absolute Gasteiger partial charge is 0.259 e. The van der Waals surface area contributed by atoms with Gasteiger partial charge in [0.1, 0.15) is 0 Å². The molecule has 6 nitrogen and oxygen atoms in total. The first kappa shape index (κ1) is 12.8. The summed E-state index contributed by atoms with van der Waals surface area (Å²) >= 11 is 0. The van der Waals surface area contributed by atoms with Crippen LogP contribution in [-0.4, -0.2) is 9.85 Å². The minimum absolute atomic E-state index is 0.0423. The van der Waals surface area contributed by atoms with Gasteiger partial charge in [-0.15, -0.1) is 0 Å². The van der Waals surface area contributed by atoms with E-state index in [-0.39, 0.29) is 22.9 Å². The normalized spacial score (nSPS) is 11.6. The van der Waals surface area contributed by atoms with E-state index in [2.05, 4.69) is 0 Å². The van der Waals surface area contributed by atoms with Crippen molar-refractivity contribution in [2.45, 2.75) is 13.8 Å². The Balaban J connectivity index is 3.29. The van der Waals surface area contributed by atoms with Crippen molar-refractivity contribution in [3.63, 3.8) is 0 Å². The Bertz CT molecular complexity index is 480. The van der Waals surface area contributed by atoms with Gasteiger partial charge in [-0.1, -0.05) is 26.0 Å². The molecule has 6 heteroatoms. The van der Waals surface area contributed by atoms with Crippen LogP contribution in [0.1, 0.15) is 19.4 Å². The SMILES string of the molecule is CC(C)/C(=C/c1ccccc1[N+](=O)[O-])[N+](=O)[O-]. The molecule has 1 aromatic rings. The average molecular weight is 236 g/mol. The van der Waals surface area contributed by atoms with Crippen LogP contribution in [0.5, 0.6) is 0 Å². The molecular weight excluding hydrogens is 224 g/mol. The summed E-state index contributed by atoms with van der Waals surface area (Å²) in [7, 11) is 0. The van der Waals surface area contributed by atoms with Gasteiger partial charge >= 0.3 is 0 Å². The first-order chi connectivity index (χ1) is 7.93. The van der Waals surface area contributed by atoms with Crippen molar-refractivity contribution in [3.05, 3.63) is 55.8 Å². The lowest BCUT2D eigenvalue weighted by Gasteiger charge is -2.02. The van der Waals surface area contributed by atoms with Crippen molar-refractivity contribution >= 4 is 11.8 Å². The number of nitrogens with zero attached hydrogens (tertiary/aromatic N) is 2. The van der Waals surface area contributed by atoms with Gasteiger partial charge in [-0.2, -0.15) is 0 Å². The van der Waals surface area contributed by atoms with Crippen molar-refractivity contribution in [2.24, 2.45) is 5.92 Å². The molecule has 0 aromatic heterocycles. The molecule has 0 saturated heterocycles. The van der Waals surface area contributed by atoms with E-state index in [4.69, 9.17) is 0 Å². The molecule has 0 aliphatic heterocycles. The number of allylic oxidation sites excluding steroid dienone is 1. The zero-order valence-corrected chi connectivity index (χ0v) is 9.49. The Labute approximate surface area is 97.9 Å². The lowest BCUT2D eigenvalue weighted by atomic mass is 10.1. The average Bonchev–Trinajstić information content (AvgIpc) is 2.25. The third-order valence-corrected chi connectivity index (χ3v) is 2.24. The van der Waals surface area contributed by atoms with E-state index in [1.807, 2.05) is 0 Å². The van der Waals surface area contributed by atoms with Gasteiger partial charge < -0.3 is 0 Å². The van der Waals surface area contributed by atoms with E-state index in [0.29, 0.717) is 0 Å². The zero-order valence-electron chi connectivity index (χ0n) is 9.49. The topological polar surface area (TPSA) is 86.3 Å². The van der Waals surface area contributed by atoms with Crippen LogP contribution in [0.3, 0.4) is 0 Å². The predicted octanol–water partition coefficient (Wildman–Crippen LogP) is 2.87. The number of hydrogen-bond donors (Lipinski definition) is 0. The molecule has 0 bridgehead atoms. The quantitative estimate of drug-likeness (QED) is 0.594. The minimum Gasteiger partial charge on any atom is -0.259 e. The molecule has 0 saturated carbocycles. The molecule has 90 valence electrons. The summed E-state index contributed by atoms with van der Waals surface area (Å²) in [5.74, 6) is -0.301. The highest BCUT2D eigenvalue weighted by atomic mass is 16.6. The number of nitro groups is 2. The van der Waals surface area contributed by atoms with E-state index in [0.717, 1.165) is 0 Å². The molecule has 0 amide bonds. The number of nitro benzene ring substituents is 1. The molecule has 0 N–H and O–H groups in total. The number of para-hydroxylation sites is 1. The van der Waals surface area contributed by atoms with Gasteiger partial charge in [-0.25, -0.2) is 0 Å². The molecule has 1 aromatic carbocycles. The number of benzene rings is 1. The number of hydrogen-bond acceptors (Lipinski definition) is 4. The Morgan fingerprint density at radius 3 is 2.29 bits per heavy atom. The molecule has 0 aliphatic carbocycles. The Hall–Kier alpha value is -2.24. The van der Waals surface area contributed by atoms with Gasteiger partial charge in [-0.3, -0.25) is 20.2 Å². The van der Waals surface area contributed by atoms with Crippen LogP contribution in [0.25, 0.3) is 6.08 Å². The largest absolute Gasteiger partial charge is 0.276 e. The molecule has 0 radical (unpaired) electrons. The second-order valence-corrected chi connectivity index (χ2v) is 3.80. The molecule has 0 aliphatic rings. The predicted molar refractivity (Wildman–Crippen MR) is 62.9 cm³/mol. The van der Waals surface area contributed by atoms with Crippen LogP contribution >= 0.6 is 0 Å². The third-order valence-electron chi connectivity index (χ3n) is 2.24. The van der Waals surface area contributed by atoms with Gasteiger partial charge in [0.05, 0.1) is 15.4 Å². The fourth-order valence-electron chi connectivity index (χ4n) is 1.37. The summed E-state index contributed by atoms with van der Waals surface area (Å²) in [5, 5.41) is 21.5. The van der Waals surface area contributed by atoms with Gasteiger partial charge in [-0.05, 0) is 6.07 Å². The molecule has 0 fully saturated rings. The first-order valence-corrected chi connectivity index (χ1v) is 5.03. The molecular formula is C11H12N2O4. The van der Waals surface area contributed by atoms with E-state index in [1.165, 1.54) is 24.3 Å². The van der Waals surface area contributed by atoms with Gasteiger partial charge in [0.2, 0.25) is 5.70 Å². The maximum atomic E-state index is 10.8. The minimum atomic E-state index is -0.552. The molecule has 0 spiro atoms. The van der Waals surface area contributed by atoms with Crippen LogP contribution in [0.4, 0.5) is 5.69 Å². The summed E-state index contributed by atoms with van der Waals surface area (Å²) < 4.78 is 0. The monoisotopic (exact) mass is 236 g/mol. The molecule has 17 heavy (non-hydrogen) atoms. The summed E-state index contributed by atoms with van der Waals surface area (Å²) in [5.41, 5.74) is 0.0738. The van der Waals surface area contributed by atoms with Crippen molar-refractivity contribution < 1.29 is 9.85 Å². The highest BCUT2D eigenvalue weighted by molar-refractivity contribution is 5.61. The van der Waals surface area contributed by atoms with E-state index < -0.39 is 9.85 Å². The van der Waals surface area contributed by atoms with E-state index in [1.54, 1.807) is 19.9 Å². The molecule has 0 unspecified atom stereocenters. The summed E-state index contributed by atoms with van der Waals surface area (Å²) in [6, 6.07) is 5.95. The number of rotatable bonds is 4. The Morgan fingerprint density at radius 1 is 1.24 bits per heavy atom. The van der Waals surface area contributed by atoms with Crippen LogP contribution < -0.4 is 0 Å². The fraction of sp³-hybridized carbons (Fsp3) is 0.273. The highest BCUT2D eigenvalue weighted by Crippen LogP contribution is 2.23. The highest BCUT2D eigenvalue weighted by Gasteiger charge is 2.19. The van der Waals surface area contributed by atoms with Crippen molar-refractivity contribution in [1.29, 1.82) is 0 Å². The summed E-state index contributed by atoms with van der Waals surface area (Å²) in [4.78, 5) is 20.5. The van der Waals surface area contributed by atoms with Crippen molar-refractivity contribution in [3.8, 4) is 0 Å². The second-order valence-electron chi connectivity index (χ2n) is 3.80. The van der Waals surface area contributed by atoms with E-state index in [9.17, 15) is 20.2 Å². The maximum Gasteiger partial charge on any atom is 0.276 e. The zero-order chi connectivity index (χ0) is 13.0. The third kappa shape index (κ3) is 3.10. The van der Waals surface area contributed by atoms with E-state index >= 15 is 0 Å². The van der Waals surface area contributed by atoms with Gasteiger partial charge in [0, 0.05) is 18.1 Å².